The molecule has 0 aliphatic carbocycles. The Morgan fingerprint density at radius 2 is 1.86 bits per heavy atom. The first-order valence-corrected chi connectivity index (χ1v) is 12.4. The van der Waals surface area contributed by atoms with Gasteiger partial charge in [0.1, 0.15) is 0 Å². The molecule has 1 heterocycles. The Morgan fingerprint density at radius 3 is 2.49 bits per heavy atom. The minimum atomic E-state index is -0.821. The Balaban J connectivity index is 2.00. The van der Waals surface area contributed by atoms with Gasteiger partial charge in [0, 0.05) is 6.54 Å². The summed E-state index contributed by atoms with van der Waals surface area (Å²) in [7, 11) is 1.43. The van der Waals surface area contributed by atoms with E-state index in [4.69, 9.17) is 4.74 Å². The van der Waals surface area contributed by atoms with Crippen molar-refractivity contribution in [1.82, 2.24) is 9.80 Å². The highest BCUT2D eigenvalue weighted by Gasteiger charge is 2.43. The van der Waals surface area contributed by atoms with E-state index in [1.165, 1.54) is 18.1 Å². The summed E-state index contributed by atoms with van der Waals surface area (Å²) in [5, 5.41) is 21.1. The number of phenolic OH excluding ortho intramolecular Hbond substituents is 1. The van der Waals surface area contributed by atoms with Crippen LogP contribution in [-0.2, 0) is 9.59 Å². The van der Waals surface area contributed by atoms with Gasteiger partial charge in [0.25, 0.3) is 5.91 Å². The van der Waals surface area contributed by atoms with Crippen molar-refractivity contribution in [2.75, 3.05) is 33.3 Å². The monoisotopic (exact) mass is 542 g/mol. The van der Waals surface area contributed by atoms with Gasteiger partial charge in [-0.3, -0.25) is 9.59 Å². The summed E-state index contributed by atoms with van der Waals surface area (Å²) in [4.78, 5) is 30.2. The van der Waals surface area contributed by atoms with E-state index in [0.717, 1.165) is 25.2 Å². The SMILES string of the molecule is CCN(CC)CCCN1C(=O)C(O)=C(C(=O)C=Cc2ccccc2)C1c1cc(Br)c(O)c(OC)c1. The number of amides is 1. The lowest BCUT2D eigenvalue weighted by Gasteiger charge is -2.28. The molecule has 0 fully saturated rings. The third kappa shape index (κ3) is 5.94. The molecule has 0 radical (unpaired) electrons. The number of methoxy groups -OCH3 is 1. The van der Waals surface area contributed by atoms with Crippen molar-refractivity contribution in [2.24, 2.45) is 0 Å². The number of aliphatic hydroxyl groups is 1. The molecule has 8 heteroatoms. The Bertz CT molecular complexity index is 1130. The minimum Gasteiger partial charge on any atom is -0.503 e. The van der Waals surface area contributed by atoms with Crippen molar-refractivity contribution in [1.29, 1.82) is 0 Å². The highest BCUT2D eigenvalue weighted by Crippen LogP contribution is 2.43. The standard InChI is InChI=1S/C27H31BrN2O5/c1-4-29(5-2)14-9-15-30-24(19-16-20(28)25(32)22(17-19)35-3)23(26(33)27(30)34)21(31)13-12-18-10-7-6-8-11-18/h6-8,10-13,16-17,24,32-33H,4-5,9,14-15H2,1-3H3. The van der Waals surface area contributed by atoms with Gasteiger partial charge in [-0.2, -0.15) is 0 Å². The van der Waals surface area contributed by atoms with Gasteiger partial charge >= 0.3 is 0 Å². The zero-order chi connectivity index (χ0) is 25.5. The molecule has 3 rings (SSSR count). The van der Waals surface area contributed by atoms with Gasteiger partial charge in [0.2, 0.25) is 0 Å². The van der Waals surface area contributed by atoms with Crippen molar-refractivity contribution in [3.05, 3.63) is 75.5 Å². The molecule has 2 N–H and O–H groups in total. The number of halogens is 1. The molecule has 0 spiro atoms. The minimum absolute atomic E-state index is 0.00432. The molecule has 1 atom stereocenters. The van der Waals surface area contributed by atoms with Crippen LogP contribution >= 0.6 is 15.9 Å². The Morgan fingerprint density at radius 1 is 1.17 bits per heavy atom. The van der Waals surface area contributed by atoms with Crippen LogP contribution in [0.5, 0.6) is 11.5 Å². The molecule has 2 aromatic rings. The molecule has 1 amide bonds. The number of ether oxygens (including phenoxy) is 1. The van der Waals surface area contributed by atoms with Gasteiger partial charge in [0.05, 0.1) is 23.2 Å². The zero-order valence-corrected chi connectivity index (χ0v) is 21.8. The number of aliphatic hydroxyl groups excluding tert-OH is 1. The van der Waals surface area contributed by atoms with Crippen LogP contribution in [0, 0.1) is 0 Å². The van der Waals surface area contributed by atoms with Gasteiger partial charge in [0.15, 0.2) is 23.0 Å². The summed E-state index contributed by atoms with van der Waals surface area (Å²) in [6.07, 6.45) is 3.70. The lowest BCUT2D eigenvalue weighted by Crippen LogP contribution is -2.34. The van der Waals surface area contributed by atoms with Crippen molar-refractivity contribution in [3.63, 3.8) is 0 Å². The average molecular weight is 543 g/mol. The van der Waals surface area contributed by atoms with E-state index in [1.807, 2.05) is 30.3 Å². The summed E-state index contributed by atoms with van der Waals surface area (Å²) in [6.45, 7) is 7.09. The number of hydrogen-bond acceptors (Lipinski definition) is 6. The molecule has 0 bridgehead atoms. The van der Waals surface area contributed by atoms with Crippen molar-refractivity contribution in [3.8, 4) is 11.5 Å². The van der Waals surface area contributed by atoms with Gasteiger partial charge in [-0.05, 0) is 71.3 Å². The first-order chi connectivity index (χ1) is 16.8. The number of carbonyl (C=O) groups is 2. The first-order valence-electron chi connectivity index (χ1n) is 11.6. The average Bonchev–Trinajstić information content (AvgIpc) is 3.12. The predicted octanol–water partition coefficient (Wildman–Crippen LogP) is 4.87. The van der Waals surface area contributed by atoms with E-state index in [9.17, 15) is 19.8 Å². The van der Waals surface area contributed by atoms with Crippen LogP contribution in [0.2, 0.25) is 0 Å². The second-order valence-corrected chi connectivity index (χ2v) is 9.06. The summed E-state index contributed by atoms with van der Waals surface area (Å²) in [5.74, 6) is -1.49. The second-order valence-electron chi connectivity index (χ2n) is 8.21. The largest absolute Gasteiger partial charge is 0.503 e. The van der Waals surface area contributed by atoms with Crippen LogP contribution in [0.3, 0.4) is 0 Å². The number of hydrogen-bond donors (Lipinski definition) is 2. The van der Waals surface area contributed by atoms with E-state index in [2.05, 4.69) is 34.7 Å². The van der Waals surface area contributed by atoms with Crippen LogP contribution in [0.1, 0.15) is 37.4 Å². The number of ketones is 1. The zero-order valence-electron chi connectivity index (χ0n) is 20.2. The predicted molar refractivity (Wildman–Crippen MR) is 139 cm³/mol. The molecule has 0 aromatic heterocycles. The number of rotatable bonds is 11. The Kier molecular flexibility index (Phi) is 9.12. The van der Waals surface area contributed by atoms with Crippen molar-refractivity contribution >= 4 is 33.7 Å². The van der Waals surface area contributed by atoms with E-state index in [-0.39, 0.29) is 17.1 Å². The van der Waals surface area contributed by atoms with Gasteiger partial charge in [-0.25, -0.2) is 0 Å². The summed E-state index contributed by atoms with van der Waals surface area (Å²) >= 11 is 3.33. The highest BCUT2D eigenvalue weighted by molar-refractivity contribution is 9.10. The summed E-state index contributed by atoms with van der Waals surface area (Å²) in [6, 6.07) is 11.7. The number of aromatic hydroxyl groups is 1. The number of phenols is 1. The van der Waals surface area contributed by atoms with Crippen LogP contribution in [-0.4, -0.2) is 65.0 Å². The fraction of sp³-hybridized carbons (Fsp3) is 0.333. The molecule has 7 nitrogen and oxygen atoms in total. The lowest BCUT2D eigenvalue weighted by atomic mass is 9.95. The maximum absolute atomic E-state index is 13.3. The Labute approximate surface area is 214 Å². The van der Waals surface area contributed by atoms with E-state index in [0.29, 0.717) is 23.0 Å². The van der Waals surface area contributed by atoms with Crippen LogP contribution in [0.15, 0.2) is 64.3 Å². The topological polar surface area (TPSA) is 90.3 Å². The number of carbonyl (C=O) groups excluding carboxylic acids is 2. The molecule has 0 saturated carbocycles. The molecule has 0 saturated heterocycles. The maximum Gasteiger partial charge on any atom is 0.290 e. The molecule has 1 aliphatic heterocycles. The van der Waals surface area contributed by atoms with Crippen molar-refractivity contribution < 1.29 is 24.5 Å². The molecule has 1 aliphatic rings. The number of allylic oxidation sites excluding steroid dienone is 1. The fourth-order valence-electron chi connectivity index (χ4n) is 4.22. The second kappa shape index (κ2) is 12.0. The fourth-order valence-corrected chi connectivity index (χ4v) is 4.68. The van der Waals surface area contributed by atoms with E-state index < -0.39 is 23.5 Å². The molecule has 35 heavy (non-hydrogen) atoms. The molecule has 2 aromatic carbocycles. The van der Waals surface area contributed by atoms with Crippen LogP contribution in [0.4, 0.5) is 0 Å². The molecular formula is C27H31BrN2O5. The molecule has 1 unspecified atom stereocenters. The van der Waals surface area contributed by atoms with E-state index in [1.54, 1.807) is 18.2 Å². The van der Waals surface area contributed by atoms with Gasteiger partial charge < -0.3 is 24.7 Å². The van der Waals surface area contributed by atoms with Gasteiger partial charge in [-0.15, -0.1) is 0 Å². The normalized spacial score (nSPS) is 16.1. The summed E-state index contributed by atoms with van der Waals surface area (Å²) in [5.41, 5.74) is 1.37. The van der Waals surface area contributed by atoms with Crippen LogP contribution in [0.25, 0.3) is 6.08 Å². The third-order valence-electron chi connectivity index (χ3n) is 6.15. The van der Waals surface area contributed by atoms with E-state index >= 15 is 0 Å². The Hall–Kier alpha value is -3.10. The smallest absolute Gasteiger partial charge is 0.290 e. The summed E-state index contributed by atoms with van der Waals surface area (Å²) < 4.78 is 5.65. The third-order valence-corrected chi connectivity index (χ3v) is 6.75. The van der Waals surface area contributed by atoms with Crippen LogP contribution < -0.4 is 4.74 Å². The first kappa shape index (κ1) is 26.5. The number of nitrogens with zero attached hydrogens (tertiary/aromatic N) is 2. The molecular weight excluding hydrogens is 512 g/mol. The van der Waals surface area contributed by atoms with Gasteiger partial charge in [-0.1, -0.05) is 50.3 Å². The maximum atomic E-state index is 13.3. The quantitative estimate of drug-likeness (QED) is 0.393. The highest BCUT2D eigenvalue weighted by atomic mass is 79.9. The molecule has 186 valence electrons. The van der Waals surface area contributed by atoms with Crippen molar-refractivity contribution in [2.45, 2.75) is 26.3 Å². The lowest BCUT2D eigenvalue weighted by molar-refractivity contribution is -0.129. The number of benzene rings is 2.